The number of halogens is 1. The predicted molar refractivity (Wildman–Crippen MR) is 41.2 cm³/mol. The normalized spacial score (nSPS) is 20.7. The van der Waals surface area contributed by atoms with E-state index in [1.54, 1.807) is 0 Å². The molecule has 0 spiro atoms. The van der Waals surface area contributed by atoms with Crippen LogP contribution in [0.5, 0.6) is 0 Å². The highest BCUT2D eigenvalue weighted by molar-refractivity contribution is 9.09. The summed E-state index contributed by atoms with van der Waals surface area (Å²) in [5.41, 5.74) is 0. The highest BCUT2D eigenvalue weighted by atomic mass is 79.9. The molecule has 58 valence electrons. The van der Waals surface area contributed by atoms with Gasteiger partial charge in [0.2, 0.25) is 0 Å². The van der Waals surface area contributed by atoms with Crippen molar-refractivity contribution in [2.45, 2.75) is 0 Å². The molecule has 0 bridgehead atoms. The Morgan fingerprint density at radius 3 is 3.10 bits per heavy atom. The molecule has 1 heterocycles. The van der Waals surface area contributed by atoms with Crippen molar-refractivity contribution in [1.82, 2.24) is 4.90 Å². The molecule has 1 rings (SSSR count). The number of morpholine rings is 1. The second kappa shape index (κ2) is 3.93. The van der Waals surface area contributed by atoms with Crippen molar-refractivity contribution < 1.29 is 9.53 Å². The Kier molecular flexibility index (Phi) is 3.15. The molecular formula is C6H10BrNO2. The number of nitrogens with zero attached hydrogens (tertiary/aromatic N) is 1. The average molecular weight is 208 g/mol. The monoisotopic (exact) mass is 207 g/mol. The van der Waals surface area contributed by atoms with Crippen molar-refractivity contribution in [2.75, 3.05) is 31.6 Å². The molecule has 0 aromatic carbocycles. The van der Waals surface area contributed by atoms with Gasteiger partial charge in [-0.1, -0.05) is 15.9 Å². The van der Waals surface area contributed by atoms with Gasteiger partial charge in [0.05, 0.1) is 6.54 Å². The van der Waals surface area contributed by atoms with Crippen molar-refractivity contribution in [2.24, 2.45) is 0 Å². The van der Waals surface area contributed by atoms with E-state index in [0.717, 1.165) is 18.4 Å². The first-order valence-electron chi connectivity index (χ1n) is 3.27. The molecule has 1 aliphatic heterocycles. The van der Waals surface area contributed by atoms with Crippen LogP contribution in [0.1, 0.15) is 0 Å². The number of carbonyl (C=O) groups excluding carboxylic acids is 1. The van der Waals surface area contributed by atoms with Crippen LogP contribution in [0.3, 0.4) is 0 Å². The molecule has 1 saturated heterocycles. The number of rotatable bonds is 2. The van der Waals surface area contributed by atoms with E-state index >= 15 is 0 Å². The lowest BCUT2D eigenvalue weighted by molar-refractivity contribution is -0.150. The fourth-order valence-corrected chi connectivity index (χ4v) is 1.41. The van der Waals surface area contributed by atoms with Crippen LogP contribution in [0.25, 0.3) is 0 Å². The molecule has 0 saturated carbocycles. The largest absolute Gasteiger partial charge is 0.463 e. The number of alkyl halides is 1. The standard InChI is InChI=1S/C6H10BrNO2/c7-1-2-8-3-4-10-6(9)5-8/h1-5H2. The van der Waals surface area contributed by atoms with E-state index in [0.29, 0.717) is 13.2 Å². The third-order valence-corrected chi connectivity index (χ3v) is 1.78. The van der Waals surface area contributed by atoms with Gasteiger partial charge in [0.1, 0.15) is 6.61 Å². The smallest absolute Gasteiger partial charge is 0.320 e. The topological polar surface area (TPSA) is 29.5 Å². The van der Waals surface area contributed by atoms with Gasteiger partial charge in [-0.3, -0.25) is 9.69 Å². The summed E-state index contributed by atoms with van der Waals surface area (Å²) in [6.45, 7) is 2.80. The van der Waals surface area contributed by atoms with Crippen LogP contribution in [0.4, 0.5) is 0 Å². The molecule has 0 atom stereocenters. The van der Waals surface area contributed by atoms with Crippen LogP contribution in [-0.2, 0) is 9.53 Å². The van der Waals surface area contributed by atoms with Crippen molar-refractivity contribution in [3.05, 3.63) is 0 Å². The second-order valence-electron chi connectivity index (χ2n) is 2.19. The summed E-state index contributed by atoms with van der Waals surface area (Å²) >= 11 is 3.31. The maximum absolute atomic E-state index is 10.7. The molecule has 0 unspecified atom stereocenters. The first-order chi connectivity index (χ1) is 4.83. The Labute approximate surface area is 68.5 Å². The van der Waals surface area contributed by atoms with Crippen LogP contribution in [0.15, 0.2) is 0 Å². The quantitative estimate of drug-likeness (QED) is 0.481. The van der Waals surface area contributed by atoms with Gasteiger partial charge in [0.15, 0.2) is 0 Å². The average Bonchev–Trinajstić information content (AvgIpc) is 1.88. The minimum absolute atomic E-state index is 0.104. The Balaban J connectivity index is 2.25. The number of hydrogen-bond acceptors (Lipinski definition) is 3. The molecule has 0 radical (unpaired) electrons. The van der Waals surface area contributed by atoms with Gasteiger partial charge in [-0.05, 0) is 0 Å². The van der Waals surface area contributed by atoms with Gasteiger partial charge in [0.25, 0.3) is 0 Å². The van der Waals surface area contributed by atoms with Crippen LogP contribution < -0.4 is 0 Å². The molecular weight excluding hydrogens is 198 g/mol. The molecule has 1 aliphatic rings. The first kappa shape index (κ1) is 8.01. The summed E-state index contributed by atoms with van der Waals surface area (Å²) in [5.74, 6) is -0.104. The summed E-state index contributed by atoms with van der Waals surface area (Å²) < 4.78 is 4.76. The first-order valence-corrected chi connectivity index (χ1v) is 4.39. The van der Waals surface area contributed by atoms with E-state index in [1.807, 2.05) is 0 Å². The third-order valence-electron chi connectivity index (χ3n) is 1.42. The maximum Gasteiger partial charge on any atom is 0.320 e. The number of hydrogen-bond donors (Lipinski definition) is 0. The SMILES string of the molecule is O=C1CN(CCBr)CCO1. The van der Waals surface area contributed by atoms with Gasteiger partial charge in [-0.15, -0.1) is 0 Å². The van der Waals surface area contributed by atoms with Crippen LogP contribution in [0, 0.1) is 0 Å². The second-order valence-corrected chi connectivity index (χ2v) is 2.98. The molecule has 1 fully saturated rings. The number of esters is 1. The van der Waals surface area contributed by atoms with E-state index in [1.165, 1.54) is 0 Å². The van der Waals surface area contributed by atoms with Gasteiger partial charge >= 0.3 is 5.97 Å². The van der Waals surface area contributed by atoms with E-state index in [9.17, 15) is 4.79 Å². The zero-order valence-corrected chi connectivity index (χ0v) is 7.26. The zero-order valence-electron chi connectivity index (χ0n) is 5.68. The predicted octanol–water partition coefficient (Wildman–Crippen LogP) is 0.240. The number of ether oxygens (including phenoxy) is 1. The van der Waals surface area contributed by atoms with Gasteiger partial charge in [-0.2, -0.15) is 0 Å². The highest BCUT2D eigenvalue weighted by Gasteiger charge is 2.16. The minimum atomic E-state index is -0.104. The summed E-state index contributed by atoms with van der Waals surface area (Å²) in [5, 5.41) is 0.917. The van der Waals surface area contributed by atoms with Crippen molar-refractivity contribution in [3.8, 4) is 0 Å². The summed E-state index contributed by atoms with van der Waals surface area (Å²) in [4.78, 5) is 12.7. The highest BCUT2D eigenvalue weighted by Crippen LogP contribution is 1.98. The number of carbonyl (C=O) groups is 1. The Hall–Kier alpha value is -0.0900. The van der Waals surface area contributed by atoms with Crippen LogP contribution >= 0.6 is 15.9 Å². The summed E-state index contributed by atoms with van der Waals surface area (Å²) in [6.07, 6.45) is 0. The molecule has 0 aliphatic carbocycles. The van der Waals surface area contributed by atoms with Crippen molar-refractivity contribution >= 4 is 21.9 Å². The molecule has 3 nitrogen and oxygen atoms in total. The molecule has 0 aromatic rings. The van der Waals surface area contributed by atoms with Crippen LogP contribution in [-0.4, -0.2) is 42.4 Å². The lowest BCUT2D eigenvalue weighted by atomic mass is 10.4. The Morgan fingerprint density at radius 2 is 2.50 bits per heavy atom. The van der Waals surface area contributed by atoms with E-state index < -0.39 is 0 Å². The Morgan fingerprint density at radius 1 is 1.70 bits per heavy atom. The molecule has 0 amide bonds. The maximum atomic E-state index is 10.7. The van der Waals surface area contributed by atoms with Crippen molar-refractivity contribution in [3.63, 3.8) is 0 Å². The van der Waals surface area contributed by atoms with Gasteiger partial charge < -0.3 is 4.74 Å². The molecule has 0 aromatic heterocycles. The van der Waals surface area contributed by atoms with E-state index in [2.05, 4.69) is 20.8 Å². The third kappa shape index (κ3) is 2.27. The van der Waals surface area contributed by atoms with Crippen LogP contribution in [0.2, 0.25) is 0 Å². The van der Waals surface area contributed by atoms with Crippen molar-refractivity contribution in [1.29, 1.82) is 0 Å². The van der Waals surface area contributed by atoms with Gasteiger partial charge in [0, 0.05) is 18.4 Å². The summed E-state index contributed by atoms with van der Waals surface area (Å²) in [7, 11) is 0. The van der Waals surface area contributed by atoms with Gasteiger partial charge in [-0.25, -0.2) is 0 Å². The Bertz CT molecular complexity index is 127. The fourth-order valence-electron chi connectivity index (χ4n) is 0.906. The lowest BCUT2D eigenvalue weighted by Gasteiger charge is -2.24. The molecule has 10 heavy (non-hydrogen) atoms. The molecule has 4 heteroatoms. The van der Waals surface area contributed by atoms with E-state index in [4.69, 9.17) is 4.74 Å². The minimum Gasteiger partial charge on any atom is -0.463 e. The zero-order chi connectivity index (χ0) is 7.40. The fraction of sp³-hybridized carbons (Fsp3) is 0.833. The van der Waals surface area contributed by atoms with E-state index in [-0.39, 0.29) is 5.97 Å². The number of cyclic esters (lactones) is 1. The summed E-state index contributed by atoms with van der Waals surface area (Å²) in [6, 6.07) is 0. The molecule has 0 N–H and O–H groups in total. The lowest BCUT2D eigenvalue weighted by Crippen LogP contribution is -2.40.